The zero-order chi connectivity index (χ0) is 24.9. The van der Waals surface area contributed by atoms with Crippen LogP contribution in [0.4, 0.5) is 0 Å². The normalized spacial score (nSPS) is 22.2. The largest absolute Gasteiger partial charge is 0.394 e. The molecule has 0 bridgehead atoms. The van der Waals surface area contributed by atoms with E-state index in [0.29, 0.717) is 25.7 Å². The Hall–Kier alpha value is -1.80. The van der Waals surface area contributed by atoms with E-state index in [1.165, 1.54) is 5.56 Å². The highest BCUT2D eigenvalue weighted by molar-refractivity contribution is 5.84. The number of carbonyl (C=O) groups excluding carboxylic acids is 2. The Balaban J connectivity index is 1.71. The molecule has 5 N–H and O–H groups in total. The molecule has 1 aliphatic carbocycles. The molecule has 0 saturated heterocycles. The van der Waals surface area contributed by atoms with E-state index < -0.39 is 18.2 Å². The summed E-state index contributed by atoms with van der Waals surface area (Å²) in [4.78, 5) is 24.3. The van der Waals surface area contributed by atoms with E-state index in [0.717, 1.165) is 32.1 Å². The number of amides is 1. The molecule has 1 aromatic carbocycles. The van der Waals surface area contributed by atoms with Gasteiger partial charge >= 0.3 is 0 Å². The van der Waals surface area contributed by atoms with Crippen LogP contribution in [0.1, 0.15) is 70.3 Å². The average Bonchev–Trinajstić information content (AvgIpc) is 3.11. The van der Waals surface area contributed by atoms with E-state index in [9.17, 15) is 19.8 Å². The Morgan fingerprint density at radius 1 is 1.09 bits per heavy atom. The van der Waals surface area contributed by atoms with Gasteiger partial charge in [0.05, 0.1) is 31.5 Å². The molecular formula is C27H43NO6. The van der Waals surface area contributed by atoms with Crippen LogP contribution in [0, 0.1) is 17.8 Å². The number of rotatable bonds is 16. The maximum absolute atomic E-state index is 12.5. The topological polar surface area (TPSA) is 127 Å². The van der Waals surface area contributed by atoms with E-state index in [1.54, 1.807) is 0 Å². The van der Waals surface area contributed by atoms with Crippen LogP contribution in [0.2, 0.25) is 0 Å². The van der Waals surface area contributed by atoms with Crippen LogP contribution in [-0.2, 0) is 16.0 Å². The number of hydrogen-bond acceptors (Lipinski definition) is 6. The molecule has 0 aromatic heterocycles. The van der Waals surface area contributed by atoms with Gasteiger partial charge in [-0.2, -0.15) is 0 Å². The lowest BCUT2D eigenvalue weighted by atomic mass is 9.78. The van der Waals surface area contributed by atoms with Crippen molar-refractivity contribution in [3.8, 4) is 0 Å². The molecule has 34 heavy (non-hydrogen) atoms. The first kappa shape index (κ1) is 28.4. The van der Waals surface area contributed by atoms with Gasteiger partial charge < -0.3 is 25.7 Å². The molecule has 5 atom stereocenters. The lowest BCUT2D eigenvalue weighted by molar-refractivity contribution is -0.123. The number of aryl methyl sites for hydroxylation is 1. The Morgan fingerprint density at radius 3 is 2.44 bits per heavy atom. The molecule has 7 nitrogen and oxygen atoms in total. The second kappa shape index (κ2) is 15.2. The number of benzene rings is 1. The van der Waals surface area contributed by atoms with Crippen molar-refractivity contribution in [3.63, 3.8) is 0 Å². The molecule has 192 valence electrons. The van der Waals surface area contributed by atoms with Crippen molar-refractivity contribution in [3.05, 3.63) is 35.9 Å². The Morgan fingerprint density at radius 2 is 1.76 bits per heavy atom. The van der Waals surface area contributed by atoms with E-state index in [4.69, 9.17) is 10.2 Å². The van der Waals surface area contributed by atoms with Gasteiger partial charge in [0, 0.05) is 18.8 Å². The number of aliphatic hydroxyl groups is 4. The highest BCUT2D eigenvalue weighted by Gasteiger charge is 2.43. The molecule has 0 unspecified atom stereocenters. The molecule has 2 rings (SSSR count). The van der Waals surface area contributed by atoms with E-state index in [1.807, 2.05) is 25.1 Å². The fraction of sp³-hybridized carbons (Fsp3) is 0.704. The predicted molar refractivity (Wildman–Crippen MR) is 131 cm³/mol. The molecule has 7 heteroatoms. The van der Waals surface area contributed by atoms with Crippen LogP contribution in [0.15, 0.2) is 30.3 Å². The first-order valence-corrected chi connectivity index (χ1v) is 12.8. The predicted octanol–water partition coefficient (Wildman–Crippen LogP) is 2.38. The number of Topliss-reactive ketones (excluding diaryl/α,β-unsaturated/α-hetero) is 1. The fourth-order valence-electron chi connectivity index (χ4n) is 5.24. The van der Waals surface area contributed by atoms with E-state index in [-0.39, 0.29) is 49.1 Å². The standard InChI is InChI=1S/C27H43NO6/c1-19(15-22(31)14-13-20-9-5-4-6-10-20)27-23(24(32)16-25(27)33)11-7-2-3-8-12-26(34)28-21(17-29)18-30/h4-6,9-10,19,21-23,25,27,29-31,33H,2-3,7-8,11-18H2,1H3,(H,28,34)/t19-,22-,23-,25+,27+/m0/s1. The van der Waals surface area contributed by atoms with Gasteiger partial charge in [0.25, 0.3) is 0 Å². The summed E-state index contributed by atoms with van der Waals surface area (Å²) >= 11 is 0. The average molecular weight is 478 g/mol. The van der Waals surface area contributed by atoms with Crippen LogP contribution < -0.4 is 5.32 Å². The molecule has 1 aromatic rings. The van der Waals surface area contributed by atoms with Crippen molar-refractivity contribution in [1.29, 1.82) is 0 Å². The summed E-state index contributed by atoms with van der Waals surface area (Å²) in [6.07, 6.45) is 5.58. The summed E-state index contributed by atoms with van der Waals surface area (Å²) in [7, 11) is 0. The summed E-state index contributed by atoms with van der Waals surface area (Å²) in [5.74, 6) is -0.265. The first-order valence-electron chi connectivity index (χ1n) is 12.8. The van der Waals surface area contributed by atoms with Crippen LogP contribution in [0.5, 0.6) is 0 Å². The Kier molecular flexibility index (Phi) is 12.8. The summed E-state index contributed by atoms with van der Waals surface area (Å²) < 4.78 is 0. The summed E-state index contributed by atoms with van der Waals surface area (Å²) in [6.45, 7) is 1.47. The molecule has 1 saturated carbocycles. The smallest absolute Gasteiger partial charge is 0.220 e. The highest BCUT2D eigenvalue weighted by Crippen LogP contribution is 2.40. The SMILES string of the molecule is C[C@@H](C[C@@H](O)CCc1ccccc1)[C@H]1[C@H](O)CC(=O)[C@@H]1CCCCCCC(=O)NC(CO)CO. The van der Waals surface area contributed by atoms with Crippen molar-refractivity contribution in [2.75, 3.05) is 13.2 Å². The van der Waals surface area contributed by atoms with Crippen LogP contribution in [-0.4, -0.2) is 63.6 Å². The molecule has 0 spiro atoms. The number of nitrogens with one attached hydrogen (secondary N) is 1. The van der Waals surface area contributed by atoms with Gasteiger partial charge in [0.15, 0.2) is 0 Å². The number of carbonyl (C=O) groups is 2. The van der Waals surface area contributed by atoms with Crippen LogP contribution in [0.25, 0.3) is 0 Å². The lowest BCUT2D eigenvalue weighted by Gasteiger charge is -2.29. The van der Waals surface area contributed by atoms with Crippen molar-refractivity contribution < 1.29 is 30.0 Å². The lowest BCUT2D eigenvalue weighted by Crippen LogP contribution is -2.39. The molecule has 1 amide bonds. The Bertz CT molecular complexity index is 723. The minimum Gasteiger partial charge on any atom is -0.394 e. The third kappa shape index (κ3) is 9.45. The van der Waals surface area contributed by atoms with Gasteiger partial charge in [-0.3, -0.25) is 9.59 Å². The van der Waals surface area contributed by atoms with Crippen molar-refractivity contribution in [2.24, 2.45) is 17.8 Å². The second-order valence-electron chi connectivity index (χ2n) is 9.90. The molecular weight excluding hydrogens is 434 g/mol. The van der Waals surface area contributed by atoms with E-state index >= 15 is 0 Å². The summed E-state index contributed by atoms with van der Waals surface area (Å²) in [5.41, 5.74) is 1.20. The minimum absolute atomic E-state index is 0.0620. The number of unbranched alkanes of at least 4 members (excludes halogenated alkanes) is 3. The van der Waals surface area contributed by atoms with Gasteiger partial charge in [0.1, 0.15) is 5.78 Å². The van der Waals surface area contributed by atoms with Crippen molar-refractivity contribution in [1.82, 2.24) is 5.32 Å². The quantitative estimate of drug-likeness (QED) is 0.233. The molecule has 1 aliphatic rings. The molecule has 0 heterocycles. The minimum atomic E-state index is -0.636. The van der Waals surface area contributed by atoms with Crippen molar-refractivity contribution in [2.45, 2.75) is 89.4 Å². The third-order valence-electron chi connectivity index (χ3n) is 7.12. The monoisotopic (exact) mass is 477 g/mol. The first-order chi connectivity index (χ1) is 16.3. The van der Waals surface area contributed by atoms with Gasteiger partial charge in [0.2, 0.25) is 5.91 Å². The van der Waals surface area contributed by atoms with Gasteiger partial charge in [-0.15, -0.1) is 0 Å². The summed E-state index contributed by atoms with van der Waals surface area (Å²) in [6, 6.07) is 9.47. The Labute approximate surface area is 203 Å². The van der Waals surface area contributed by atoms with Gasteiger partial charge in [-0.1, -0.05) is 56.5 Å². The van der Waals surface area contributed by atoms with Gasteiger partial charge in [-0.05, 0) is 49.5 Å². The summed E-state index contributed by atoms with van der Waals surface area (Å²) in [5, 5.41) is 41.7. The van der Waals surface area contributed by atoms with Gasteiger partial charge in [-0.25, -0.2) is 0 Å². The fourth-order valence-corrected chi connectivity index (χ4v) is 5.24. The number of hydrogen-bond donors (Lipinski definition) is 5. The van der Waals surface area contributed by atoms with Crippen LogP contribution >= 0.6 is 0 Å². The molecule has 0 aliphatic heterocycles. The third-order valence-corrected chi connectivity index (χ3v) is 7.12. The molecule has 1 fully saturated rings. The maximum Gasteiger partial charge on any atom is 0.220 e. The molecule has 0 radical (unpaired) electrons. The zero-order valence-corrected chi connectivity index (χ0v) is 20.4. The maximum atomic E-state index is 12.5. The number of ketones is 1. The van der Waals surface area contributed by atoms with Crippen LogP contribution in [0.3, 0.4) is 0 Å². The number of aliphatic hydroxyl groups excluding tert-OH is 4. The van der Waals surface area contributed by atoms with E-state index in [2.05, 4.69) is 17.4 Å². The van der Waals surface area contributed by atoms with Crippen molar-refractivity contribution >= 4 is 11.7 Å². The zero-order valence-electron chi connectivity index (χ0n) is 20.4. The second-order valence-corrected chi connectivity index (χ2v) is 9.90. The highest BCUT2D eigenvalue weighted by atomic mass is 16.3.